The molecule has 3 aromatic heterocycles. The zero-order valence-corrected chi connectivity index (χ0v) is 16.2. The maximum absolute atomic E-state index is 13.0. The molecular weight excluding hydrogens is 406 g/mol. The van der Waals surface area contributed by atoms with Crippen LogP contribution in [-0.2, 0) is 17.8 Å². The van der Waals surface area contributed by atoms with Gasteiger partial charge in [0.25, 0.3) is 0 Å². The number of likely N-dealkylation sites (N-methyl/N-ethyl adjacent to an activating group) is 1. The average molecular weight is 425 g/mol. The van der Waals surface area contributed by atoms with E-state index >= 15 is 0 Å². The highest BCUT2D eigenvalue weighted by molar-refractivity contribution is 5.86. The van der Waals surface area contributed by atoms with Gasteiger partial charge in [0, 0.05) is 24.8 Å². The molecule has 0 saturated carbocycles. The van der Waals surface area contributed by atoms with Crippen LogP contribution in [0.25, 0.3) is 10.9 Å². The fraction of sp³-hybridized carbons (Fsp3) is 0.368. The van der Waals surface area contributed by atoms with Crippen molar-refractivity contribution in [2.45, 2.75) is 32.2 Å². The molecule has 0 bridgehead atoms. The van der Waals surface area contributed by atoms with Crippen LogP contribution in [-0.4, -0.2) is 51.7 Å². The summed E-state index contributed by atoms with van der Waals surface area (Å²) in [6.45, 7) is 0.437. The van der Waals surface area contributed by atoms with E-state index in [0.29, 0.717) is 22.5 Å². The van der Waals surface area contributed by atoms with Gasteiger partial charge in [0.15, 0.2) is 6.61 Å². The van der Waals surface area contributed by atoms with Gasteiger partial charge in [0.05, 0.1) is 36.1 Å². The Morgan fingerprint density at radius 3 is 2.77 bits per heavy atom. The number of fused-ring (bicyclic) bond motifs is 1. The van der Waals surface area contributed by atoms with Gasteiger partial charge in [0.2, 0.25) is 5.91 Å². The highest BCUT2D eigenvalue weighted by Crippen LogP contribution is 2.26. The molecule has 0 aliphatic heterocycles. The Labute approximate surface area is 169 Å². The largest absolute Gasteiger partial charge is 0.485 e. The third-order valence-electron chi connectivity index (χ3n) is 4.35. The molecule has 0 fully saturated rings. The van der Waals surface area contributed by atoms with Gasteiger partial charge in [0.1, 0.15) is 5.75 Å². The molecule has 0 atom stereocenters. The minimum Gasteiger partial charge on any atom is -0.485 e. The number of amides is 1. The van der Waals surface area contributed by atoms with Crippen molar-refractivity contribution in [3.05, 3.63) is 47.7 Å². The summed E-state index contributed by atoms with van der Waals surface area (Å²) in [4.78, 5) is 20.0. The van der Waals surface area contributed by atoms with Crippen molar-refractivity contribution in [1.82, 2.24) is 25.1 Å². The van der Waals surface area contributed by atoms with E-state index in [0.717, 1.165) is 5.39 Å². The molecule has 0 aromatic carbocycles. The number of rotatable bonds is 8. The SMILES string of the molecule is CNC(=O)Cc1nccc2nn(Cc3cc(C)c(OCC(F)(F)C(F)F)cn3)cc12. The van der Waals surface area contributed by atoms with E-state index in [-0.39, 0.29) is 24.6 Å². The first kappa shape index (κ1) is 21.5. The average Bonchev–Trinajstić information content (AvgIpc) is 3.10. The topological polar surface area (TPSA) is 81.9 Å². The van der Waals surface area contributed by atoms with Crippen molar-refractivity contribution in [2.24, 2.45) is 0 Å². The minimum absolute atomic E-state index is 0.00163. The summed E-state index contributed by atoms with van der Waals surface area (Å²) < 4.78 is 57.0. The fourth-order valence-corrected chi connectivity index (χ4v) is 2.75. The Morgan fingerprint density at radius 1 is 1.33 bits per heavy atom. The number of ether oxygens (including phenoxy) is 1. The number of halogens is 4. The molecule has 0 saturated heterocycles. The first-order valence-electron chi connectivity index (χ1n) is 8.95. The fourth-order valence-electron chi connectivity index (χ4n) is 2.75. The third kappa shape index (κ3) is 4.84. The smallest absolute Gasteiger partial charge is 0.340 e. The second kappa shape index (κ2) is 8.64. The van der Waals surface area contributed by atoms with Gasteiger partial charge in [-0.2, -0.15) is 13.9 Å². The van der Waals surface area contributed by atoms with Crippen molar-refractivity contribution in [1.29, 1.82) is 0 Å². The van der Waals surface area contributed by atoms with Gasteiger partial charge >= 0.3 is 12.3 Å². The Morgan fingerprint density at radius 2 is 2.10 bits per heavy atom. The highest BCUT2D eigenvalue weighted by atomic mass is 19.3. The number of aryl methyl sites for hydroxylation is 1. The molecule has 0 spiro atoms. The Kier molecular flexibility index (Phi) is 6.18. The van der Waals surface area contributed by atoms with Gasteiger partial charge < -0.3 is 10.1 Å². The highest BCUT2D eigenvalue weighted by Gasteiger charge is 2.41. The predicted octanol–water partition coefficient (Wildman–Crippen LogP) is 2.75. The zero-order chi connectivity index (χ0) is 21.9. The maximum atomic E-state index is 13.0. The van der Waals surface area contributed by atoms with Gasteiger partial charge in [-0.3, -0.25) is 19.4 Å². The van der Waals surface area contributed by atoms with E-state index in [4.69, 9.17) is 4.74 Å². The predicted molar refractivity (Wildman–Crippen MR) is 99.8 cm³/mol. The molecule has 0 unspecified atom stereocenters. The van der Waals surface area contributed by atoms with E-state index in [2.05, 4.69) is 20.4 Å². The molecule has 1 N–H and O–H groups in total. The quantitative estimate of drug-likeness (QED) is 0.562. The molecule has 30 heavy (non-hydrogen) atoms. The van der Waals surface area contributed by atoms with Crippen LogP contribution in [0.5, 0.6) is 5.75 Å². The second-order valence-corrected chi connectivity index (χ2v) is 6.66. The third-order valence-corrected chi connectivity index (χ3v) is 4.35. The Balaban J connectivity index is 1.75. The lowest BCUT2D eigenvalue weighted by atomic mass is 10.2. The lowest BCUT2D eigenvalue weighted by molar-refractivity contribution is -0.148. The number of aromatic nitrogens is 4. The number of carbonyl (C=O) groups is 1. The summed E-state index contributed by atoms with van der Waals surface area (Å²) in [5.74, 6) is -4.41. The molecule has 160 valence electrons. The van der Waals surface area contributed by atoms with E-state index in [9.17, 15) is 22.4 Å². The molecule has 3 heterocycles. The van der Waals surface area contributed by atoms with E-state index in [1.165, 1.54) is 6.20 Å². The molecule has 1 amide bonds. The van der Waals surface area contributed by atoms with Crippen LogP contribution in [0, 0.1) is 6.92 Å². The summed E-state index contributed by atoms with van der Waals surface area (Å²) in [5, 5.41) is 7.71. The van der Waals surface area contributed by atoms with Gasteiger partial charge in [-0.1, -0.05) is 0 Å². The molecule has 11 heteroatoms. The number of alkyl halides is 4. The van der Waals surface area contributed by atoms with Crippen LogP contribution in [0.15, 0.2) is 30.7 Å². The Bertz CT molecular complexity index is 1050. The summed E-state index contributed by atoms with van der Waals surface area (Å²) in [7, 11) is 1.54. The van der Waals surface area contributed by atoms with Crippen molar-refractivity contribution in [2.75, 3.05) is 13.7 Å². The normalized spacial score (nSPS) is 11.8. The first-order valence-corrected chi connectivity index (χ1v) is 8.95. The standard InChI is InChI=1S/C19H19F4N5O2/c1-11-5-12(26-7-16(11)30-10-19(22,23)18(20)21)8-28-9-13-14(27-28)3-4-25-15(13)6-17(29)24-2/h3-5,7,9,18H,6,8,10H2,1-2H3,(H,24,29). The van der Waals surface area contributed by atoms with E-state index < -0.39 is 19.0 Å². The Hall–Kier alpha value is -3.24. The molecule has 0 aliphatic carbocycles. The van der Waals surface area contributed by atoms with Gasteiger partial charge in [-0.05, 0) is 24.6 Å². The molecule has 3 aromatic rings. The number of carbonyl (C=O) groups excluding carboxylic acids is 1. The van der Waals surface area contributed by atoms with Crippen molar-refractivity contribution in [3.8, 4) is 5.75 Å². The van der Waals surface area contributed by atoms with Crippen LogP contribution in [0.2, 0.25) is 0 Å². The summed E-state index contributed by atoms with van der Waals surface area (Å²) in [5.41, 5.74) is 2.29. The van der Waals surface area contributed by atoms with Crippen LogP contribution >= 0.6 is 0 Å². The maximum Gasteiger partial charge on any atom is 0.340 e. The molecule has 3 rings (SSSR count). The lowest BCUT2D eigenvalue weighted by Crippen LogP contribution is -2.33. The minimum atomic E-state index is -4.24. The number of nitrogens with zero attached hydrogens (tertiary/aromatic N) is 4. The number of nitrogens with one attached hydrogen (secondary N) is 1. The lowest BCUT2D eigenvalue weighted by Gasteiger charge is -2.17. The zero-order valence-electron chi connectivity index (χ0n) is 16.2. The summed E-state index contributed by atoms with van der Waals surface area (Å²) in [6, 6.07) is 3.32. The van der Waals surface area contributed by atoms with Crippen LogP contribution in [0.1, 0.15) is 17.0 Å². The monoisotopic (exact) mass is 425 g/mol. The second-order valence-electron chi connectivity index (χ2n) is 6.66. The van der Waals surface area contributed by atoms with Crippen LogP contribution in [0.4, 0.5) is 17.6 Å². The summed E-state index contributed by atoms with van der Waals surface area (Å²) >= 11 is 0. The van der Waals surface area contributed by atoms with Gasteiger partial charge in [-0.15, -0.1) is 0 Å². The number of hydrogen-bond donors (Lipinski definition) is 1. The van der Waals surface area contributed by atoms with E-state index in [1.54, 1.807) is 43.2 Å². The van der Waals surface area contributed by atoms with Crippen molar-refractivity contribution < 1.29 is 27.1 Å². The van der Waals surface area contributed by atoms with Crippen molar-refractivity contribution >= 4 is 16.8 Å². The van der Waals surface area contributed by atoms with Gasteiger partial charge in [-0.25, -0.2) is 8.78 Å². The summed E-state index contributed by atoms with van der Waals surface area (Å²) in [6.07, 6.45) is 0.842. The van der Waals surface area contributed by atoms with E-state index in [1.807, 2.05) is 0 Å². The molecule has 7 nitrogen and oxygen atoms in total. The molecule has 0 radical (unpaired) electrons. The first-order chi connectivity index (χ1) is 14.2. The number of pyridine rings is 2. The van der Waals surface area contributed by atoms with Crippen LogP contribution in [0.3, 0.4) is 0 Å². The van der Waals surface area contributed by atoms with Crippen LogP contribution < -0.4 is 10.1 Å². The molecular formula is C19H19F4N5O2. The van der Waals surface area contributed by atoms with Crippen molar-refractivity contribution in [3.63, 3.8) is 0 Å². The number of hydrogen-bond acceptors (Lipinski definition) is 5. The molecule has 0 aliphatic rings.